The number of carbonyl (C=O) groups excluding carboxylic acids is 2. The van der Waals surface area contributed by atoms with Crippen molar-refractivity contribution in [2.45, 2.75) is 38.3 Å². The van der Waals surface area contributed by atoms with Crippen LogP contribution in [0.4, 0.5) is 0 Å². The van der Waals surface area contributed by atoms with Crippen LogP contribution in [0.2, 0.25) is 0 Å². The SMILES string of the molecule is CCC(=O)N1C(CO)C(c2ccc(-c3ccccc3OC)cc2)C1CNC(C)=O. The smallest absolute Gasteiger partial charge is 0.222 e. The van der Waals surface area contributed by atoms with Crippen molar-refractivity contribution >= 4 is 11.8 Å². The number of likely N-dealkylation sites (tertiary alicyclic amines) is 1. The van der Waals surface area contributed by atoms with E-state index in [1.165, 1.54) is 6.92 Å². The number of benzene rings is 2. The predicted octanol–water partition coefficient (Wildman–Crippen LogP) is 2.56. The van der Waals surface area contributed by atoms with Crippen LogP contribution in [-0.2, 0) is 9.59 Å². The minimum Gasteiger partial charge on any atom is -0.496 e. The Labute approximate surface area is 171 Å². The summed E-state index contributed by atoms with van der Waals surface area (Å²) in [5, 5.41) is 12.8. The van der Waals surface area contributed by atoms with Crippen molar-refractivity contribution < 1.29 is 19.4 Å². The molecule has 2 aromatic rings. The Morgan fingerprint density at radius 3 is 2.38 bits per heavy atom. The summed E-state index contributed by atoms with van der Waals surface area (Å²) in [7, 11) is 1.65. The Balaban J connectivity index is 1.88. The van der Waals surface area contributed by atoms with E-state index >= 15 is 0 Å². The molecule has 3 unspecified atom stereocenters. The second kappa shape index (κ2) is 9.09. The van der Waals surface area contributed by atoms with Gasteiger partial charge in [-0.05, 0) is 17.2 Å². The average Bonchev–Trinajstić information content (AvgIpc) is 2.73. The van der Waals surface area contributed by atoms with Crippen LogP contribution in [0.25, 0.3) is 11.1 Å². The van der Waals surface area contributed by atoms with Gasteiger partial charge in [0, 0.05) is 31.4 Å². The molecule has 1 aliphatic rings. The lowest BCUT2D eigenvalue weighted by Gasteiger charge is -2.55. The lowest BCUT2D eigenvalue weighted by Crippen LogP contribution is -2.68. The van der Waals surface area contributed by atoms with Crippen molar-refractivity contribution in [2.75, 3.05) is 20.3 Å². The van der Waals surface area contributed by atoms with Crippen LogP contribution < -0.4 is 10.1 Å². The second-order valence-corrected chi connectivity index (χ2v) is 7.26. The summed E-state index contributed by atoms with van der Waals surface area (Å²) in [6.07, 6.45) is 0.368. The van der Waals surface area contributed by atoms with Crippen molar-refractivity contribution in [3.63, 3.8) is 0 Å². The monoisotopic (exact) mass is 396 g/mol. The van der Waals surface area contributed by atoms with Gasteiger partial charge < -0.3 is 20.1 Å². The molecule has 3 rings (SSSR count). The van der Waals surface area contributed by atoms with E-state index < -0.39 is 0 Å². The first-order valence-corrected chi connectivity index (χ1v) is 9.91. The van der Waals surface area contributed by atoms with E-state index in [4.69, 9.17) is 4.74 Å². The van der Waals surface area contributed by atoms with Gasteiger partial charge in [-0.1, -0.05) is 49.4 Å². The molecule has 1 heterocycles. The molecular formula is C23H28N2O4. The van der Waals surface area contributed by atoms with Crippen molar-refractivity contribution in [3.05, 3.63) is 54.1 Å². The van der Waals surface area contributed by atoms with Crippen LogP contribution in [0, 0.1) is 0 Å². The fourth-order valence-electron chi connectivity index (χ4n) is 4.19. The van der Waals surface area contributed by atoms with Gasteiger partial charge >= 0.3 is 0 Å². The highest BCUT2D eigenvalue weighted by Gasteiger charge is 2.50. The quantitative estimate of drug-likeness (QED) is 0.754. The second-order valence-electron chi connectivity index (χ2n) is 7.26. The molecule has 6 heteroatoms. The molecule has 0 radical (unpaired) electrons. The number of nitrogens with one attached hydrogen (secondary N) is 1. The standard InChI is InChI=1S/C23H28N2O4/c1-4-22(28)25-19(13-24-15(2)27)23(20(25)14-26)17-11-9-16(10-12-17)18-7-5-6-8-21(18)29-3/h5-12,19-20,23,26H,4,13-14H2,1-3H3,(H,24,27). The van der Waals surface area contributed by atoms with Crippen molar-refractivity contribution in [1.82, 2.24) is 10.2 Å². The fraction of sp³-hybridized carbons (Fsp3) is 0.391. The molecule has 2 N–H and O–H groups in total. The maximum absolute atomic E-state index is 12.4. The van der Waals surface area contributed by atoms with Gasteiger partial charge in [0.1, 0.15) is 5.75 Å². The number of hydrogen-bond acceptors (Lipinski definition) is 4. The van der Waals surface area contributed by atoms with Gasteiger partial charge in [-0.2, -0.15) is 0 Å². The third-order valence-electron chi connectivity index (χ3n) is 5.59. The molecule has 6 nitrogen and oxygen atoms in total. The zero-order valence-corrected chi connectivity index (χ0v) is 17.1. The van der Waals surface area contributed by atoms with E-state index in [9.17, 15) is 14.7 Å². The molecule has 2 aromatic carbocycles. The van der Waals surface area contributed by atoms with Gasteiger partial charge in [0.05, 0.1) is 25.8 Å². The summed E-state index contributed by atoms with van der Waals surface area (Å²) in [5.74, 6) is 0.627. The number of nitrogens with zero attached hydrogens (tertiary/aromatic N) is 1. The molecule has 1 fully saturated rings. The van der Waals surface area contributed by atoms with Gasteiger partial charge in [0.25, 0.3) is 0 Å². The number of aliphatic hydroxyl groups excluding tert-OH is 1. The van der Waals surface area contributed by atoms with E-state index in [0.717, 1.165) is 22.4 Å². The third kappa shape index (κ3) is 4.12. The molecule has 0 spiro atoms. The molecule has 1 aliphatic heterocycles. The van der Waals surface area contributed by atoms with Crippen LogP contribution in [0.15, 0.2) is 48.5 Å². The minimum atomic E-state index is -0.279. The number of methoxy groups -OCH3 is 1. The highest BCUT2D eigenvalue weighted by molar-refractivity contribution is 5.79. The summed E-state index contributed by atoms with van der Waals surface area (Å²) in [6, 6.07) is 15.5. The van der Waals surface area contributed by atoms with E-state index in [-0.39, 0.29) is 36.4 Å². The molecule has 3 atom stereocenters. The Bertz CT molecular complexity index is 865. The first-order valence-electron chi connectivity index (χ1n) is 9.91. The van der Waals surface area contributed by atoms with E-state index in [1.54, 1.807) is 12.0 Å². The molecule has 0 aromatic heterocycles. The average molecular weight is 396 g/mol. The maximum atomic E-state index is 12.4. The van der Waals surface area contributed by atoms with Gasteiger partial charge in [-0.3, -0.25) is 9.59 Å². The lowest BCUT2D eigenvalue weighted by molar-refractivity contribution is -0.150. The van der Waals surface area contributed by atoms with E-state index in [2.05, 4.69) is 5.32 Å². The topological polar surface area (TPSA) is 78.9 Å². The van der Waals surface area contributed by atoms with Gasteiger partial charge in [-0.25, -0.2) is 0 Å². The molecule has 0 saturated carbocycles. The highest BCUT2D eigenvalue weighted by atomic mass is 16.5. The Morgan fingerprint density at radius 1 is 1.10 bits per heavy atom. The van der Waals surface area contributed by atoms with E-state index in [1.807, 2.05) is 55.5 Å². The first kappa shape index (κ1) is 20.9. The van der Waals surface area contributed by atoms with Crippen molar-refractivity contribution in [3.8, 4) is 16.9 Å². The number of ether oxygens (including phenoxy) is 1. The maximum Gasteiger partial charge on any atom is 0.222 e. The van der Waals surface area contributed by atoms with Gasteiger partial charge in [0.15, 0.2) is 0 Å². The van der Waals surface area contributed by atoms with Crippen LogP contribution >= 0.6 is 0 Å². The van der Waals surface area contributed by atoms with Crippen LogP contribution in [0.5, 0.6) is 5.75 Å². The summed E-state index contributed by atoms with van der Waals surface area (Å²) in [4.78, 5) is 25.5. The van der Waals surface area contributed by atoms with Crippen LogP contribution in [0.3, 0.4) is 0 Å². The number of rotatable bonds is 7. The molecule has 154 valence electrons. The van der Waals surface area contributed by atoms with Gasteiger partial charge in [-0.15, -0.1) is 0 Å². The Hall–Kier alpha value is -2.86. The van der Waals surface area contributed by atoms with E-state index in [0.29, 0.717) is 13.0 Å². The summed E-state index contributed by atoms with van der Waals surface area (Å²) in [6.45, 7) is 3.53. The number of hydrogen-bond donors (Lipinski definition) is 2. The van der Waals surface area contributed by atoms with Crippen LogP contribution in [-0.4, -0.2) is 54.2 Å². The molecule has 0 aliphatic carbocycles. The third-order valence-corrected chi connectivity index (χ3v) is 5.59. The number of para-hydroxylation sites is 1. The summed E-state index contributed by atoms with van der Waals surface area (Å²) < 4.78 is 5.45. The van der Waals surface area contributed by atoms with Crippen LogP contribution in [0.1, 0.15) is 31.7 Å². The normalized spacial score (nSPS) is 20.7. The largest absolute Gasteiger partial charge is 0.496 e. The molecule has 29 heavy (non-hydrogen) atoms. The molecule has 2 amide bonds. The molecular weight excluding hydrogens is 368 g/mol. The summed E-state index contributed by atoms with van der Waals surface area (Å²) >= 11 is 0. The number of amides is 2. The highest BCUT2D eigenvalue weighted by Crippen LogP contribution is 2.41. The molecule has 1 saturated heterocycles. The van der Waals surface area contributed by atoms with Gasteiger partial charge in [0.2, 0.25) is 11.8 Å². The number of carbonyl (C=O) groups is 2. The summed E-state index contributed by atoms with van der Waals surface area (Å²) in [5.41, 5.74) is 3.08. The number of aliphatic hydroxyl groups is 1. The Morgan fingerprint density at radius 2 is 1.79 bits per heavy atom. The Kier molecular flexibility index (Phi) is 6.54. The zero-order chi connectivity index (χ0) is 21.0. The zero-order valence-electron chi connectivity index (χ0n) is 17.1. The van der Waals surface area contributed by atoms with Crippen molar-refractivity contribution in [1.29, 1.82) is 0 Å². The first-order chi connectivity index (χ1) is 14.0. The molecule has 0 bridgehead atoms. The predicted molar refractivity (Wildman–Crippen MR) is 112 cm³/mol. The fourth-order valence-corrected chi connectivity index (χ4v) is 4.19. The van der Waals surface area contributed by atoms with Crippen molar-refractivity contribution in [2.24, 2.45) is 0 Å². The lowest BCUT2D eigenvalue weighted by atomic mass is 9.74. The minimum absolute atomic E-state index is 0.0127.